The van der Waals surface area contributed by atoms with Crippen LogP contribution in [0.1, 0.15) is 42.7 Å². The molecule has 0 radical (unpaired) electrons. The zero-order chi connectivity index (χ0) is 11.0. The summed E-state index contributed by atoms with van der Waals surface area (Å²) in [6.45, 7) is 0. The van der Waals surface area contributed by atoms with Crippen molar-refractivity contribution in [3.05, 3.63) is 35.4 Å². The lowest BCUT2D eigenvalue weighted by molar-refractivity contribution is 0.395. The Balaban J connectivity index is 1.78. The second-order valence-corrected chi connectivity index (χ2v) is 5.30. The maximum absolute atomic E-state index is 5.74. The van der Waals surface area contributed by atoms with E-state index in [-0.39, 0.29) is 0 Å². The van der Waals surface area contributed by atoms with Crippen molar-refractivity contribution in [3.63, 3.8) is 0 Å². The second-order valence-electron chi connectivity index (χ2n) is 5.30. The van der Waals surface area contributed by atoms with Gasteiger partial charge in [-0.2, -0.15) is 0 Å². The number of hydrogen-bond donors (Lipinski definition) is 2. The van der Waals surface area contributed by atoms with Crippen molar-refractivity contribution in [2.75, 3.05) is 0 Å². The Morgan fingerprint density at radius 1 is 1.25 bits per heavy atom. The number of fused-ring (bicyclic) bond motifs is 1. The van der Waals surface area contributed by atoms with E-state index in [1.54, 1.807) is 0 Å². The molecule has 2 atom stereocenters. The highest BCUT2D eigenvalue weighted by molar-refractivity contribution is 5.36. The number of rotatable bonds is 4. The molecule has 2 unspecified atom stereocenters. The number of aryl methyl sites for hydroxylation is 1. The largest absolute Gasteiger partial charge is 0.271 e. The number of nitrogens with one attached hydrogen (secondary N) is 1. The van der Waals surface area contributed by atoms with E-state index in [0.29, 0.717) is 12.0 Å². The van der Waals surface area contributed by atoms with Crippen LogP contribution in [0.2, 0.25) is 0 Å². The summed E-state index contributed by atoms with van der Waals surface area (Å²) in [5.74, 6) is 7.32. The summed E-state index contributed by atoms with van der Waals surface area (Å²) in [6, 6.07) is 9.33. The molecule has 3 rings (SSSR count). The van der Waals surface area contributed by atoms with Crippen molar-refractivity contribution < 1.29 is 0 Å². The van der Waals surface area contributed by atoms with Gasteiger partial charge < -0.3 is 0 Å². The third-order valence-corrected chi connectivity index (χ3v) is 4.16. The predicted molar refractivity (Wildman–Crippen MR) is 66.0 cm³/mol. The van der Waals surface area contributed by atoms with Crippen LogP contribution < -0.4 is 11.3 Å². The van der Waals surface area contributed by atoms with Gasteiger partial charge in [0.05, 0.1) is 0 Å². The van der Waals surface area contributed by atoms with E-state index in [0.717, 1.165) is 5.92 Å². The Morgan fingerprint density at radius 2 is 2.06 bits per heavy atom. The zero-order valence-electron chi connectivity index (χ0n) is 9.65. The molecule has 0 aliphatic heterocycles. The van der Waals surface area contributed by atoms with Crippen molar-refractivity contribution in [2.24, 2.45) is 11.8 Å². The molecule has 16 heavy (non-hydrogen) atoms. The van der Waals surface area contributed by atoms with Gasteiger partial charge >= 0.3 is 0 Å². The Bertz CT molecular complexity index is 371. The lowest BCUT2D eigenvalue weighted by Gasteiger charge is -2.23. The summed E-state index contributed by atoms with van der Waals surface area (Å²) in [5, 5.41) is 0. The topological polar surface area (TPSA) is 38.0 Å². The van der Waals surface area contributed by atoms with Gasteiger partial charge in [-0.05, 0) is 36.3 Å². The Kier molecular flexibility index (Phi) is 2.70. The Hall–Kier alpha value is -0.860. The van der Waals surface area contributed by atoms with Crippen LogP contribution in [-0.4, -0.2) is 6.04 Å². The fourth-order valence-corrected chi connectivity index (χ4v) is 3.07. The number of hydrazine groups is 1. The highest BCUT2D eigenvalue weighted by atomic mass is 15.2. The van der Waals surface area contributed by atoms with Gasteiger partial charge in [0.25, 0.3) is 0 Å². The SMILES string of the molecule is NNC(CC1CC1)C1CCc2ccccc21. The summed E-state index contributed by atoms with van der Waals surface area (Å²) >= 11 is 0. The molecule has 2 aliphatic carbocycles. The monoisotopic (exact) mass is 216 g/mol. The predicted octanol–water partition coefficient (Wildman–Crippen LogP) is 2.35. The molecule has 0 bridgehead atoms. The summed E-state index contributed by atoms with van der Waals surface area (Å²) < 4.78 is 0. The van der Waals surface area contributed by atoms with E-state index in [2.05, 4.69) is 29.7 Å². The number of benzene rings is 1. The molecule has 2 nitrogen and oxygen atoms in total. The fourth-order valence-electron chi connectivity index (χ4n) is 3.07. The van der Waals surface area contributed by atoms with Crippen LogP contribution in [0.3, 0.4) is 0 Å². The van der Waals surface area contributed by atoms with Crippen LogP contribution in [0.15, 0.2) is 24.3 Å². The summed E-state index contributed by atoms with van der Waals surface area (Å²) in [6.07, 6.45) is 6.57. The number of nitrogens with two attached hydrogens (primary N) is 1. The summed E-state index contributed by atoms with van der Waals surface area (Å²) in [4.78, 5) is 0. The van der Waals surface area contributed by atoms with E-state index >= 15 is 0 Å². The smallest absolute Gasteiger partial charge is 0.0282 e. The molecule has 2 aliphatic rings. The molecular formula is C14H20N2. The van der Waals surface area contributed by atoms with Crippen LogP contribution in [0.25, 0.3) is 0 Å². The maximum atomic E-state index is 5.74. The molecule has 0 aromatic heterocycles. The van der Waals surface area contributed by atoms with Crippen LogP contribution in [0, 0.1) is 5.92 Å². The normalized spacial score (nSPS) is 25.4. The van der Waals surface area contributed by atoms with Crippen LogP contribution in [-0.2, 0) is 6.42 Å². The molecule has 3 N–H and O–H groups in total. The minimum Gasteiger partial charge on any atom is -0.271 e. The molecule has 0 saturated heterocycles. The molecule has 0 heterocycles. The summed E-state index contributed by atoms with van der Waals surface area (Å²) in [7, 11) is 0. The van der Waals surface area contributed by atoms with E-state index in [4.69, 9.17) is 5.84 Å². The van der Waals surface area contributed by atoms with Gasteiger partial charge in [0.15, 0.2) is 0 Å². The first-order valence-electron chi connectivity index (χ1n) is 6.42. The first kappa shape index (κ1) is 10.3. The van der Waals surface area contributed by atoms with E-state index in [9.17, 15) is 0 Å². The lowest BCUT2D eigenvalue weighted by atomic mass is 9.90. The fraction of sp³-hybridized carbons (Fsp3) is 0.571. The molecule has 1 aromatic carbocycles. The molecule has 1 fully saturated rings. The van der Waals surface area contributed by atoms with Gasteiger partial charge in [-0.3, -0.25) is 11.3 Å². The van der Waals surface area contributed by atoms with Crippen molar-refractivity contribution in [1.29, 1.82) is 0 Å². The Morgan fingerprint density at radius 3 is 2.81 bits per heavy atom. The average molecular weight is 216 g/mol. The molecule has 0 amide bonds. The molecule has 2 heteroatoms. The number of hydrogen-bond acceptors (Lipinski definition) is 2. The van der Waals surface area contributed by atoms with Crippen LogP contribution in [0.5, 0.6) is 0 Å². The van der Waals surface area contributed by atoms with Gasteiger partial charge in [0.1, 0.15) is 0 Å². The van der Waals surface area contributed by atoms with Gasteiger partial charge in [0, 0.05) is 12.0 Å². The van der Waals surface area contributed by atoms with E-state index in [1.165, 1.54) is 43.2 Å². The van der Waals surface area contributed by atoms with Crippen LogP contribution in [0.4, 0.5) is 0 Å². The maximum Gasteiger partial charge on any atom is 0.0282 e. The zero-order valence-corrected chi connectivity index (χ0v) is 9.65. The third-order valence-electron chi connectivity index (χ3n) is 4.16. The average Bonchev–Trinajstić information content (AvgIpc) is 3.04. The lowest BCUT2D eigenvalue weighted by Crippen LogP contribution is -2.39. The molecular weight excluding hydrogens is 196 g/mol. The first-order chi connectivity index (χ1) is 7.88. The van der Waals surface area contributed by atoms with E-state index in [1.807, 2.05) is 0 Å². The molecule has 86 valence electrons. The van der Waals surface area contributed by atoms with Crippen molar-refractivity contribution in [3.8, 4) is 0 Å². The standard InChI is InChI=1S/C14H20N2/c15-16-14(9-10-5-6-10)13-8-7-11-3-1-2-4-12(11)13/h1-4,10,13-14,16H,5-9,15H2. The van der Waals surface area contributed by atoms with Gasteiger partial charge in [0.2, 0.25) is 0 Å². The minimum atomic E-state index is 0.483. The second kappa shape index (κ2) is 4.19. The van der Waals surface area contributed by atoms with Gasteiger partial charge in [-0.25, -0.2) is 0 Å². The molecule has 1 aromatic rings. The minimum absolute atomic E-state index is 0.483. The highest BCUT2D eigenvalue weighted by Crippen LogP contribution is 2.41. The molecule has 0 spiro atoms. The summed E-state index contributed by atoms with van der Waals surface area (Å²) in [5.41, 5.74) is 6.12. The van der Waals surface area contributed by atoms with Crippen molar-refractivity contribution >= 4 is 0 Å². The molecule has 1 saturated carbocycles. The van der Waals surface area contributed by atoms with Gasteiger partial charge in [-0.1, -0.05) is 37.1 Å². The third kappa shape index (κ3) is 1.87. The first-order valence-corrected chi connectivity index (χ1v) is 6.42. The quantitative estimate of drug-likeness (QED) is 0.599. The highest BCUT2D eigenvalue weighted by Gasteiger charge is 2.33. The van der Waals surface area contributed by atoms with Crippen molar-refractivity contribution in [1.82, 2.24) is 5.43 Å². The van der Waals surface area contributed by atoms with Crippen LogP contribution >= 0.6 is 0 Å². The Labute approximate surface area is 97.2 Å². The van der Waals surface area contributed by atoms with Crippen molar-refractivity contribution in [2.45, 2.75) is 44.1 Å². The van der Waals surface area contributed by atoms with Gasteiger partial charge in [-0.15, -0.1) is 0 Å². The van der Waals surface area contributed by atoms with E-state index < -0.39 is 0 Å².